The lowest BCUT2D eigenvalue weighted by molar-refractivity contribution is -0.140. The second kappa shape index (κ2) is 8.21. The highest BCUT2D eigenvalue weighted by Gasteiger charge is 2.32. The summed E-state index contributed by atoms with van der Waals surface area (Å²) in [6.07, 6.45) is 3.68. The van der Waals surface area contributed by atoms with E-state index in [9.17, 15) is 4.79 Å². The zero-order valence-electron chi connectivity index (χ0n) is 15.4. The number of aryl methyl sites for hydroxylation is 1. The third-order valence-corrected chi connectivity index (χ3v) is 5.01. The molecule has 1 aliphatic heterocycles. The topological polar surface area (TPSA) is 42.4 Å². The van der Waals surface area contributed by atoms with E-state index in [1.807, 2.05) is 47.4 Å². The van der Waals surface area contributed by atoms with Crippen LogP contribution in [0.15, 0.2) is 66.7 Å². The van der Waals surface area contributed by atoms with Crippen LogP contribution in [-0.2, 0) is 11.2 Å². The van der Waals surface area contributed by atoms with E-state index in [2.05, 4.69) is 29.2 Å². The Labute approximate surface area is 159 Å². The highest BCUT2D eigenvalue weighted by molar-refractivity contribution is 5.79. The van der Waals surface area contributed by atoms with E-state index < -0.39 is 0 Å². The Morgan fingerprint density at radius 2 is 1.74 bits per heavy atom. The fourth-order valence-corrected chi connectivity index (χ4v) is 3.41. The fourth-order valence-electron chi connectivity index (χ4n) is 3.41. The lowest BCUT2D eigenvalue weighted by Gasteiger charge is -2.38. The maximum absolute atomic E-state index is 12.3. The van der Waals surface area contributed by atoms with Gasteiger partial charge in [0.05, 0.1) is 18.6 Å². The van der Waals surface area contributed by atoms with E-state index in [-0.39, 0.29) is 12.0 Å². The van der Waals surface area contributed by atoms with Crippen LogP contribution in [0.3, 0.4) is 0 Å². The van der Waals surface area contributed by atoms with Crippen molar-refractivity contribution in [2.75, 3.05) is 13.1 Å². The minimum Gasteiger partial charge on any atom is -0.471 e. The Hall–Kier alpha value is -2.88. The molecule has 1 amide bonds. The Kier molecular flexibility index (Phi) is 5.33. The number of pyridine rings is 1. The molecule has 1 saturated heterocycles. The van der Waals surface area contributed by atoms with Gasteiger partial charge in [-0.25, -0.2) is 4.98 Å². The van der Waals surface area contributed by atoms with Gasteiger partial charge in [0.25, 0.3) is 0 Å². The average Bonchev–Trinajstić information content (AvgIpc) is 2.68. The summed E-state index contributed by atoms with van der Waals surface area (Å²) in [4.78, 5) is 18.7. The summed E-state index contributed by atoms with van der Waals surface area (Å²) in [5, 5.41) is 1.10. The first kappa shape index (κ1) is 17.5. The van der Waals surface area contributed by atoms with Gasteiger partial charge >= 0.3 is 0 Å². The van der Waals surface area contributed by atoms with Crippen LogP contribution in [0.25, 0.3) is 10.9 Å². The van der Waals surface area contributed by atoms with Crippen molar-refractivity contribution in [2.24, 2.45) is 0 Å². The van der Waals surface area contributed by atoms with E-state index in [1.54, 1.807) is 0 Å². The van der Waals surface area contributed by atoms with Crippen molar-refractivity contribution in [1.82, 2.24) is 9.88 Å². The lowest BCUT2D eigenvalue weighted by Crippen LogP contribution is -2.56. The van der Waals surface area contributed by atoms with Crippen molar-refractivity contribution in [2.45, 2.75) is 31.8 Å². The van der Waals surface area contributed by atoms with E-state index in [4.69, 9.17) is 4.74 Å². The molecule has 0 bridgehead atoms. The van der Waals surface area contributed by atoms with Crippen LogP contribution in [0.5, 0.6) is 5.88 Å². The van der Waals surface area contributed by atoms with Crippen LogP contribution in [-0.4, -0.2) is 35.0 Å². The molecule has 1 fully saturated rings. The van der Waals surface area contributed by atoms with Gasteiger partial charge in [-0.1, -0.05) is 48.5 Å². The van der Waals surface area contributed by atoms with E-state index in [0.29, 0.717) is 25.4 Å². The van der Waals surface area contributed by atoms with Crippen LogP contribution in [0.1, 0.15) is 24.8 Å². The van der Waals surface area contributed by atoms with Crippen LogP contribution >= 0.6 is 0 Å². The lowest BCUT2D eigenvalue weighted by atomic mass is 10.1. The van der Waals surface area contributed by atoms with E-state index in [1.165, 1.54) is 5.56 Å². The SMILES string of the molecule is O=C(CCCCc1ccccc1)N1CC(Oc2ccc3ccccc3n2)C1. The molecule has 0 N–H and O–H groups in total. The zero-order chi connectivity index (χ0) is 18.5. The van der Waals surface area contributed by atoms with Gasteiger partial charge in [-0.15, -0.1) is 0 Å². The second-order valence-electron chi connectivity index (χ2n) is 7.07. The van der Waals surface area contributed by atoms with Gasteiger partial charge in [0, 0.05) is 17.9 Å². The number of likely N-dealkylation sites (tertiary alicyclic amines) is 1. The number of benzene rings is 2. The highest BCUT2D eigenvalue weighted by Crippen LogP contribution is 2.21. The number of ether oxygens (including phenoxy) is 1. The molecule has 0 aliphatic carbocycles. The van der Waals surface area contributed by atoms with Gasteiger partial charge in [-0.2, -0.15) is 0 Å². The van der Waals surface area contributed by atoms with Crippen molar-refractivity contribution < 1.29 is 9.53 Å². The molecule has 1 aromatic heterocycles. The molecule has 4 heteroatoms. The van der Waals surface area contributed by atoms with Gasteiger partial charge in [-0.05, 0) is 37.0 Å². The average molecular weight is 360 g/mol. The van der Waals surface area contributed by atoms with Gasteiger partial charge in [0.1, 0.15) is 6.10 Å². The number of carbonyl (C=O) groups excluding carboxylic acids is 1. The molecule has 0 radical (unpaired) electrons. The van der Waals surface area contributed by atoms with E-state index >= 15 is 0 Å². The Morgan fingerprint density at radius 3 is 2.59 bits per heavy atom. The van der Waals surface area contributed by atoms with Crippen LogP contribution in [0, 0.1) is 0 Å². The maximum atomic E-state index is 12.3. The number of unbranched alkanes of at least 4 members (excludes halogenated alkanes) is 1. The third kappa shape index (κ3) is 4.45. The molecule has 27 heavy (non-hydrogen) atoms. The second-order valence-corrected chi connectivity index (χ2v) is 7.07. The van der Waals surface area contributed by atoms with Gasteiger partial charge in [0.15, 0.2) is 0 Å². The van der Waals surface area contributed by atoms with Crippen molar-refractivity contribution in [3.8, 4) is 5.88 Å². The summed E-state index contributed by atoms with van der Waals surface area (Å²) < 4.78 is 5.92. The van der Waals surface area contributed by atoms with Crippen molar-refractivity contribution in [3.05, 3.63) is 72.3 Å². The Bertz CT molecular complexity index is 904. The molecule has 4 rings (SSSR count). The third-order valence-electron chi connectivity index (χ3n) is 5.01. The minimum atomic E-state index is 0.0481. The summed E-state index contributed by atoms with van der Waals surface area (Å²) in [6, 6.07) is 22.3. The molecule has 1 aliphatic rings. The molecule has 3 aromatic rings. The molecule has 4 nitrogen and oxygen atoms in total. The number of fused-ring (bicyclic) bond motifs is 1. The number of aromatic nitrogens is 1. The van der Waals surface area contributed by atoms with E-state index in [0.717, 1.165) is 30.2 Å². The molecule has 0 saturated carbocycles. The standard InChI is InChI=1S/C23H24N2O2/c26-23(13-7-4-10-18-8-2-1-3-9-18)25-16-20(17-25)27-22-15-14-19-11-5-6-12-21(19)24-22/h1-3,5-6,8-9,11-12,14-15,20H,4,7,10,13,16-17H2. The zero-order valence-corrected chi connectivity index (χ0v) is 15.4. The first-order valence-corrected chi connectivity index (χ1v) is 9.62. The summed E-state index contributed by atoms with van der Waals surface area (Å²) in [5.74, 6) is 0.864. The first-order valence-electron chi connectivity index (χ1n) is 9.62. The Balaban J connectivity index is 1.18. The number of carbonyl (C=O) groups is 1. The predicted molar refractivity (Wildman–Crippen MR) is 107 cm³/mol. The molecular formula is C23H24N2O2. The number of para-hydroxylation sites is 1. The summed E-state index contributed by atoms with van der Waals surface area (Å²) in [7, 11) is 0. The normalized spacial score (nSPS) is 14.1. The fraction of sp³-hybridized carbons (Fsp3) is 0.304. The van der Waals surface area contributed by atoms with Crippen molar-refractivity contribution >= 4 is 16.8 Å². The molecule has 2 heterocycles. The van der Waals surface area contributed by atoms with Gasteiger partial charge in [0.2, 0.25) is 11.8 Å². The van der Waals surface area contributed by atoms with Crippen molar-refractivity contribution in [1.29, 1.82) is 0 Å². The number of nitrogens with zero attached hydrogens (tertiary/aromatic N) is 2. The highest BCUT2D eigenvalue weighted by atomic mass is 16.5. The molecular weight excluding hydrogens is 336 g/mol. The number of rotatable bonds is 7. The van der Waals surface area contributed by atoms with Crippen molar-refractivity contribution in [3.63, 3.8) is 0 Å². The minimum absolute atomic E-state index is 0.0481. The maximum Gasteiger partial charge on any atom is 0.222 e. The van der Waals surface area contributed by atoms with Crippen LogP contribution in [0.4, 0.5) is 0 Å². The smallest absolute Gasteiger partial charge is 0.222 e. The summed E-state index contributed by atoms with van der Waals surface area (Å²) in [5.41, 5.74) is 2.27. The van der Waals surface area contributed by atoms with Crippen LogP contribution < -0.4 is 4.74 Å². The monoisotopic (exact) mass is 360 g/mol. The van der Waals surface area contributed by atoms with Gasteiger partial charge in [-0.3, -0.25) is 4.79 Å². The first-order chi connectivity index (χ1) is 13.3. The summed E-state index contributed by atoms with van der Waals surface area (Å²) in [6.45, 7) is 1.32. The molecule has 138 valence electrons. The van der Waals surface area contributed by atoms with Gasteiger partial charge < -0.3 is 9.64 Å². The number of hydrogen-bond donors (Lipinski definition) is 0. The molecule has 0 atom stereocenters. The molecule has 0 spiro atoms. The Morgan fingerprint density at radius 1 is 0.963 bits per heavy atom. The van der Waals surface area contributed by atoms with Crippen LogP contribution in [0.2, 0.25) is 0 Å². The molecule has 2 aromatic carbocycles. The number of amides is 1. The summed E-state index contributed by atoms with van der Waals surface area (Å²) >= 11 is 0. The quantitative estimate of drug-likeness (QED) is 0.592. The largest absolute Gasteiger partial charge is 0.471 e. The molecule has 0 unspecified atom stereocenters. The number of hydrogen-bond acceptors (Lipinski definition) is 3. The predicted octanol–water partition coefficient (Wildman–Crippen LogP) is 4.24.